The standard InChI is InChI=1S/C16H21ClN2O2/c1-11(9-13-5-3-6-14(17)10-13)18-16(21)15-7-4-8-19(15)12(2)20/h3,5-6,10-11,15H,4,7-9H2,1-2H3,(H,18,21)/t11?,15-/m1/s1. The number of amides is 2. The van der Waals surface area contributed by atoms with Gasteiger partial charge in [-0.05, 0) is 43.9 Å². The predicted octanol–water partition coefficient (Wildman–Crippen LogP) is 2.40. The van der Waals surface area contributed by atoms with Crippen LogP contribution in [-0.2, 0) is 16.0 Å². The third-order valence-electron chi connectivity index (χ3n) is 3.78. The molecule has 0 aromatic heterocycles. The Balaban J connectivity index is 1.91. The molecule has 1 saturated heterocycles. The summed E-state index contributed by atoms with van der Waals surface area (Å²) >= 11 is 5.96. The van der Waals surface area contributed by atoms with E-state index < -0.39 is 0 Å². The molecule has 1 aromatic carbocycles. The maximum Gasteiger partial charge on any atom is 0.243 e. The average molecular weight is 309 g/mol. The zero-order chi connectivity index (χ0) is 15.4. The minimum Gasteiger partial charge on any atom is -0.352 e. The van der Waals surface area contributed by atoms with E-state index in [0.29, 0.717) is 11.6 Å². The Kier molecular flexibility index (Phi) is 5.23. The zero-order valence-corrected chi connectivity index (χ0v) is 13.2. The second-order valence-corrected chi connectivity index (χ2v) is 6.05. The highest BCUT2D eigenvalue weighted by molar-refractivity contribution is 6.30. The zero-order valence-electron chi connectivity index (χ0n) is 12.4. The van der Waals surface area contributed by atoms with Crippen molar-refractivity contribution in [3.63, 3.8) is 0 Å². The lowest BCUT2D eigenvalue weighted by Crippen LogP contribution is -2.48. The van der Waals surface area contributed by atoms with Crippen LogP contribution >= 0.6 is 11.6 Å². The van der Waals surface area contributed by atoms with Crippen molar-refractivity contribution < 1.29 is 9.59 Å². The van der Waals surface area contributed by atoms with Crippen LogP contribution in [0.15, 0.2) is 24.3 Å². The Bertz CT molecular complexity index is 533. The highest BCUT2D eigenvalue weighted by Crippen LogP contribution is 2.18. The van der Waals surface area contributed by atoms with E-state index in [1.807, 2.05) is 31.2 Å². The number of hydrogen-bond acceptors (Lipinski definition) is 2. The summed E-state index contributed by atoms with van der Waals surface area (Å²) in [7, 11) is 0. The molecule has 1 fully saturated rings. The van der Waals surface area contributed by atoms with Crippen LogP contribution in [0.3, 0.4) is 0 Å². The molecule has 114 valence electrons. The van der Waals surface area contributed by atoms with Crippen molar-refractivity contribution in [1.82, 2.24) is 10.2 Å². The fourth-order valence-electron chi connectivity index (χ4n) is 2.82. The van der Waals surface area contributed by atoms with Crippen LogP contribution in [0.1, 0.15) is 32.3 Å². The highest BCUT2D eigenvalue weighted by atomic mass is 35.5. The van der Waals surface area contributed by atoms with Crippen molar-refractivity contribution in [2.75, 3.05) is 6.54 Å². The van der Waals surface area contributed by atoms with Crippen LogP contribution in [0.4, 0.5) is 0 Å². The summed E-state index contributed by atoms with van der Waals surface area (Å²) < 4.78 is 0. The molecule has 21 heavy (non-hydrogen) atoms. The summed E-state index contributed by atoms with van der Waals surface area (Å²) in [4.78, 5) is 25.5. The topological polar surface area (TPSA) is 49.4 Å². The average Bonchev–Trinajstić information content (AvgIpc) is 2.87. The molecule has 1 aromatic rings. The maximum atomic E-state index is 12.3. The Morgan fingerprint density at radius 2 is 2.24 bits per heavy atom. The normalized spacial score (nSPS) is 19.4. The molecular weight excluding hydrogens is 288 g/mol. The van der Waals surface area contributed by atoms with Gasteiger partial charge in [0.2, 0.25) is 11.8 Å². The molecule has 1 aliphatic rings. The molecule has 0 bridgehead atoms. The second-order valence-electron chi connectivity index (χ2n) is 5.61. The molecule has 2 rings (SSSR count). The van der Waals surface area contributed by atoms with Crippen LogP contribution in [0.25, 0.3) is 0 Å². The van der Waals surface area contributed by atoms with Gasteiger partial charge in [0.15, 0.2) is 0 Å². The van der Waals surface area contributed by atoms with E-state index in [2.05, 4.69) is 5.32 Å². The molecule has 4 nitrogen and oxygen atoms in total. The van der Waals surface area contributed by atoms with Crippen molar-refractivity contribution in [2.45, 2.75) is 45.2 Å². The summed E-state index contributed by atoms with van der Waals surface area (Å²) in [5.74, 6) is -0.0904. The van der Waals surface area contributed by atoms with Gasteiger partial charge in [-0.2, -0.15) is 0 Å². The van der Waals surface area contributed by atoms with Gasteiger partial charge in [-0.1, -0.05) is 23.7 Å². The SMILES string of the molecule is CC(=O)N1CCC[C@@H]1C(=O)NC(C)Cc1cccc(Cl)c1. The summed E-state index contributed by atoms with van der Waals surface area (Å²) in [6.07, 6.45) is 2.36. The van der Waals surface area contributed by atoms with Crippen molar-refractivity contribution in [1.29, 1.82) is 0 Å². The smallest absolute Gasteiger partial charge is 0.243 e. The molecule has 1 unspecified atom stereocenters. The number of nitrogens with zero attached hydrogens (tertiary/aromatic N) is 1. The summed E-state index contributed by atoms with van der Waals surface area (Å²) in [5, 5.41) is 3.70. The summed E-state index contributed by atoms with van der Waals surface area (Å²) in [6, 6.07) is 7.32. The minimum absolute atomic E-state index is 0.00498. The van der Waals surface area contributed by atoms with Crippen molar-refractivity contribution in [3.05, 3.63) is 34.9 Å². The minimum atomic E-state index is -0.315. The quantitative estimate of drug-likeness (QED) is 0.928. The Morgan fingerprint density at radius 1 is 1.48 bits per heavy atom. The number of halogens is 1. The number of nitrogens with one attached hydrogen (secondary N) is 1. The van der Waals surface area contributed by atoms with Gasteiger partial charge in [-0.15, -0.1) is 0 Å². The van der Waals surface area contributed by atoms with Crippen LogP contribution in [-0.4, -0.2) is 35.3 Å². The number of carbonyl (C=O) groups is 2. The lowest BCUT2D eigenvalue weighted by Gasteiger charge is -2.24. The number of hydrogen-bond donors (Lipinski definition) is 1. The number of carbonyl (C=O) groups excluding carboxylic acids is 2. The fourth-order valence-corrected chi connectivity index (χ4v) is 3.04. The maximum absolute atomic E-state index is 12.3. The van der Waals surface area contributed by atoms with Gasteiger partial charge >= 0.3 is 0 Å². The lowest BCUT2D eigenvalue weighted by atomic mass is 10.1. The Labute approximate surface area is 130 Å². The van der Waals surface area contributed by atoms with Gasteiger partial charge < -0.3 is 10.2 Å². The van der Waals surface area contributed by atoms with Crippen LogP contribution in [0.2, 0.25) is 5.02 Å². The Hall–Kier alpha value is -1.55. The van der Waals surface area contributed by atoms with E-state index in [9.17, 15) is 9.59 Å². The number of rotatable bonds is 4. The van der Waals surface area contributed by atoms with Crippen LogP contribution in [0, 0.1) is 0 Å². The summed E-state index contributed by atoms with van der Waals surface area (Å²) in [5.41, 5.74) is 1.09. The lowest BCUT2D eigenvalue weighted by molar-refractivity contribution is -0.137. The van der Waals surface area contributed by atoms with E-state index in [0.717, 1.165) is 24.8 Å². The van der Waals surface area contributed by atoms with E-state index in [1.165, 1.54) is 6.92 Å². The van der Waals surface area contributed by atoms with Gasteiger partial charge in [0.1, 0.15) is 6.04 Å². The summed E-state index contributed by atoms with van der Waals surface area (Å²) in [6.45, 7) is 4.16. The molecule has 2 atom stereocenters. The van der Waals surface area contributed by atoms with Gasteiger partial charge in [-0.3, -0.25) is 9.59 Å². The molecule has 2 amide bonds. The van der Waals surface area contributed by atoms with E-state index in [-0.39, 0.29) is 23.9 Å². The van der Waals surface area contributed by atoms with Gasteiger partial charge in [0.05, 0.1) is 0 Å². The highest BCUT2D eigenvalue weighted by Gasteiger charge is 2.32. The first-order valence-corrected chi connectivity index (χ1v) is 7.67. The largest absolute Gasteiger partial charge is 0.352 e. The van der Waals surface area contributed by atoms with Crippen LogP contribution in [0.5, 0.6) is 0 Å². The first-order chi connectivity index (χ1) is 9.97. The first-order valence-electron chi connectivity index (χ1n) is 7.29. The molecule has 1 N–H and O–H groups in total. The second kappa shape index (κ2) is 6.94. The number of likely N-dealkylation sites (tertiary alicyclic amines) is 1. The monoisotopic (exact) mass is 308 g/mol. The molecule has 0 radical (unpaired) electrons. The van der Waals surface area contributed by atoms with E-state index in [4.69, 9.17) is 11.6 Å². The molecular formula is C16H21ClN2O2. The molecule has 1 heterocycles. The third-order valence-corrected chi connectivity index (χ3v) is 4.01. The van der Waals surface area contributed by atoms with Crippen LogP contribution < -0.4 is 5.32 Å². The van der Waals surface area contributed by atoms with Gasteiger partial charge in [0.25, 0.3) is 0 Å². The predicted molar refractivity (Wildman–Crippen MR) is 83.2 cm³/mol. The Morgan fingerprint density at radius 3 is 2.90 bits per heavy atom. The van der Waals surface area contributed by atoms with Crippen molar-refractivity contribution in [3.8, 4) is 0 Å². The number of benzene rings is 1. The fraction of sp³-hybridized carbons (Fsp3) is 0.500. The molecule has 1 aliphatic heterocycles. The first kappa shape index (κ1) is 15.8. The van der Waals surface area contributed by atoms with Gasteiger partial charge in [-0.25, -0.2) is 0 Å². The molecule has 5 heteroatoms. The molecule has 0 saturated carbocycles. The van der Waals surface area contributed by atoms with E-state index in [1.54, 1.807) is 4.90 Å². The molecule has 0 aliphatic carbocycles. The third kappa shape index (κ3) is 4.21. The van der Waals surface area contributed by atoms with Gasteiger partial charge in [0, 0.05) is 24.5 Å². The van der Waals surface area contributed by atoms with E-state index >= 15 is 0 Å². The van der Waals surface area contributed by atoms with Crippen molar-refractivity contribution >= 4 is 23.4 Å². The van der Waals surface area contributed by atoms with Crippen molar-refractivity contribution in [2.24, 2.45) is 0 Å². The molecule has 0 spiro atoms.